The van der Waals surface area contributed by atoms with Crippen LogP contribution in [0.15, 0.2) is 36.8 Å². The highest BCUT2D eigenvalue weighted by molar-refractivity contribution is 5.58. The topological polar surface area (TPSA) is 43.8 Å². The minimum Gasteiger partial charge on any atom is -0.334 e. The van der Waals surface area contributed by atoms with Crippen molar-refractivity contribution in [3.8, 4) is 11.3 Å². The molecule has 0 amide bonds. The third-order valence-corrected chi connectivity index (χ3v) is 2.68. The van der Waals surface area contributed by atoms with Crippen molar-refractivity contribution in [2.24, 2.45) is 5.73 Å². The fraction of sp³-hybridized carbons (Fsp3) is 0.308. The number of nitrogens with two attached hydrogens (primary N) is 1. The molecule has 0 aliphatic carbocycles. The van der Waals surface area contributed by atoms with Crippen molar-refractivity contribution in [1.82, 2.24) is 9.55 Å². The molecule has 3 heteroatoms. The zero-order chi connectivity index (χ0) is 11.5. The SMILES string of the molecule is CC(C)n1cnc(-c2ccc(CN)cc2)c1. The van der Waals surface area contributed by atoms with Gasteiger partial charge in [0.25, 0.3) is 0 Å². The van der Waals surface area contributed by atoms with Crippen molar-refractivity contribution < 1.29 is 0 Å². The lowest BCUT2D eigenvalue weighted by molar-refractivity contribution is 0.600. The lowest BCUT2D eigenvalue weighted by Crippen LogP contribution is -1.96. The molecule has 0 bridgehead atoms. The number of benzene rings is 1. The Morgan fingerprint density at radius 2 is 1.94 bits per heavy atom. The molecule has 16 heavy (non-hydrogen) atoms. The van der Waals surface area contributed by atoms with E-state index in [1.54, 1.807) is 0 Å². The van der Waals surface area contributed by atoms with E-state index in [1.165, 1.54) is 0 Å². The van der Waals surface area contributed by atoms with Gasteiger partial charge in [-0.3, -0.25) is 0 Å². The number of rotatable bonds is 3. The Morgan fingerprint density at radius 1 is 1.25 bits per heavy atom. The zero-order valence-corrected chi connectivity index (χ0v) is 9.72. The van der Waals surface area contributed by atoms with Crippen molar-refractivity contribution >= 4 is 0 Å². The summed E-state index contributed by atoms with van der Waals surface area (Å²) < 4.78 is 2.10. The molecule has 84 valence electrons. The van der Waals surface area contributed by atoms with Crippen LogP contribution in [0.1, 0.15) is 25.5 Å². The van der Waals surface area contributed by atoms with E-state index in [1.807, 2.05) is 18.5 Å². The van der Waals surface area contributed by atoms with Gasteiger partial charge in [0.05, 0.1) is 12.0 Å². The van der Waals surface area contributed by atoms with Crippen molar-refractivity contribution in [3.63, 3.8) is 0 Å². The first-order valence-corrected chi connectivity index (χ1v) is 5.53. The maximum absolute atomic E-state index is 5.56. The molecule has 0 aliphatic heterocycles. The smallest absolute Gasteiger partial charge is 0.0956 e. The molecule has 1 aromatic carbocycles. The number of imidazole rings is 1. The number of aromatic nitrogens is 2. The Hall–Kier alpha value is -1.61. The summed E-state index contributed by atoms with van der Waals surface area (Å²) in [6.07, 6.45) is 3.94. The van der Waals surface area contributed by atoms with Crippen LogP contribution in [0.25, 0.3) is 11.3 Å². The molecule has 0 aliphatic rings. The fourth-order valence-corrected chi connectivity index (χ4v) is 1.58. The van der Waals surface area contributed by atoms with Gasteiger partial charge in [-0.1, -0.05) is 24.3 Å². The highest BCUT2D eigenvalue weighted by Crippen LogP contribution is 2.19. The lowest BCUT2D eigenvalue weighted by Gasteiger charge is -2.04. The van der Waals surface area contributed by atoms with Gasteiger partial charge in [0.2, 0.25) is 0 Å². The van der Waals surface area contributed by atoms with E-state index in [0.29, 0.717) is 12.6 Å². The van der Waals surface area contributed by atoms with E-state index >= 15 is 0 Å². The van der Waals surface area contributed by atoms with Crippen molar-refractivity contribution in [3.05, 3.63) is 42.4 Å². The van der Waals surface area contributed by atoms with Gasteiger partial charge >= 0.3 is 0 Å². The average molecular weight is 215 g/mol. The van der Waals surface area contributed by atoms with Gasteiger partial charge in [-0.25, -0.2) is 4.98 Å². The summed E-state index contributed by atoms with van der Waals surface area (Å²) in [5, 5.41) is 0. The molecule has 3 nitrogen and oxygen atoms in total. The Morgan fingerprint density at radius 3 is 2.44 bits per heavy atom. The second-order valence-electron chi connectivity index (χ2n) is 4.20. The van der Waals surface area contributed by atoms with Gasteiger partial charge in [0, 0.05) is 24.3 Å². The first kappa shape index (κ1) is 10.9. The minimum absolute atomic E-state index is 0.449. The molecule has 1 heterocycles. The fourth-order valence-electron chi connectivity index (χ4n) is 1.58. The normalized spacial score (nSPS) is 11.0. The highest BCUT2D eigenvalue weighted by atomic mass is 15.0. The van der Waals surface area contributed by atoms with Gasteiger partial charge in [-0.15, -0.1) is 0 Å². The second-order valence-corrected chi connectivity index (χ2v) is 4.20. The van der Waals surface area contributed by atoms with Crippen LogP contribution in [0.2, 0.25) is 0 Å². The van der Waals surface area contributed by atoms with Crippen molar-refractivity contribution in [1.29, 1.82) is 0 Å². The zero-order valence-electron chi connectivity index (χ0n) is 9.72. The van der Waals surface area contributed by atoms with Crippen LogP contribution < -0.4 is 5.73 Å². The molecule has 0 unspecified atom stereocenters. The average Bonchev–Trinajstić information content (AvgIpc) is 2.78. The van der Waals surface area contributed by atoms with Gasteiger partial charge in [0.1, 0.15) is 0 Å². The van der Waals surface area contributed by atoms with Gasteiger partial charge in [0.15, 0.2) is 0 Å². The summed E-state index contributed by atoms with van der Waals surface area (Å²) in [6, 6.07) is 8.67. The van der Waals surface area contributed by atoms with E-state index in [4.69, 9.17) is 5.73 Å². The minimum atomic E-state index is 0.449. The Bertz CT molecular complexity index is 454. The van der Waals surface area contributed by atoms with E-state index in [2.05, 4.69) is 41.7 Å². The Balaban J connectivity index is 2.28. The van der Waals surface area contributed by atoms with Crippen molar-refractivity contribution in [2.45, 2.75) is 26.4 Å². The molecule has 0 saturated carbocycles. The van der Waals surface area contributed by atoms with E-state index < -0.39 is 0 Å². The van der Waals surface area contributed by atoms with Crippen LogP contribution in [0.4, 0.5) is 0 Å². The van der Waals surface area contributed by atoms with E-state index in [9.17, 15) is 0 Å². The number of hydrogen-bond donors (Lipinski definition) is 1. The van der Waals surface area contributed by atoms with Crippen LogP contribution in [0.3, 0.4) is 0 Å². The quantitative estimate of drug-likeness (QED) is 0.855. The van der Waals surface area contributed by atoms with Gasteiger partial charge in [-0.05, 0) is 19.4 Å². The molecule has 2 N–H and O–H groups in total. The summed E-state index contributed by atoms with van der Waals surface area (Å²) in [5.74, 6) is 0. The predicted molar refractivity (Wildman–Crippen MR) is 65.9 cm³/mol. The molecule has 1 aromatic heterocycles. The maximum Gasteiger partial charge on any atom is 0.0956 e. The second kappa shape index (κ2) is 4.49. The molecular weight excluding hydrogens is 198 g/mol. The molecule has 0 atom stereocenters. The van der Waals surface area contributed by atoms with Crippen LogP contribution in [-0.2, 0) is 6.54 Å². The van der Waals surface area contributed by atoms with Crippen LogP contribution in [0, 0.1) is 0 Å². The molecule has 0 saturated heterocycles. The predicted octanol–water partition coefficient (Wildman–Crippen LogP) is 2.59. The molecule has 2 rings (SSSR count). The lowest BCUT2D eigenvalue weighted by atomic mass is 10.1. The summed E-state index contributed by atoms with van der Waals surface area (Å²) in [7, 11) is 0. The Kier molecular flexibility index (Phi) is 3.06. The maximum atomic E-state index is 5.56. The summed E-state index contributed by atoms with van der Waals surface area (Å²) in [4.78, 5) is 4.39. The third-order valence-electron chi connectivity index (χ3n) is 2.68. The summed E-state index contributed by atoms with van der Waals surface area (Å²) in [6.45, 7) is 4.87. The van der Waals surface area contributed by atoms with Crippen LogP contribution >= 0.6 is 0 Å². The van der Waals surface area contributed by atoms with Crippen LogP contribution in [-0.4, -0.2) is 9.55 Å². The summed E-state index contributed by atoms with van der Waals surface area (Å²) in [5.41, 5.74) is 8.86. The monoisotopic (exact) mass is 215 g/mol. The number of nitrogens with zero attached hydrogens (tertiary/aromatic N) is 2. The highest BCUT2D eigenvalue weighted by Gasteiger charge is 2.03. The van der Waals surface area contributed by atoms with Crippen LogP contribution in [0.5, 0.6) is 0 Å². The third kappa shape index (κ3) is 2.14. The Labute approximate surface area is 95.9 Å². The number of hydrogen-bond acceptors (Lipinski definition) is 2. The molecule has 2 aromatic rings. The van der Waals surface area contributed by atoms with E-state index in [0.717, 1.165) is 16.8 Å². The van der Waals surface area contributed by atoms with Gasteiger partial charge in [-0.2, -0.15) is 0 Å². The van der Waals surface area contributed by atoms with Crippen molar-refractivity contribution in [2.75, 3.05) is 0 Å². The first-order valence-electron chi connectivity index (χ1n) is 5.53. The van der Waals surface area contributed by atoms with E-state index in [-0.39, 0.29) is 0 Å². The molecule has 0 fully saturated rings. The standard InChI is InChI=1S/C13H17N3/c1-10(2)16-8-13(15-9-16)12-5-3-11(7-14)4-6-12/h3-6,8-10H,7,14H2,1-2H3. The van der Waals surface area contributed by atoms with Gasteiger partial charge < -0.3 is 10.3 Å². The summed E-state index contributed by atoms with van der Waals surface area (Å²) >= 11 is 0. The molecule has 0 radical (unpaired) electrons. The molecule has 0 spiro atoms. The first-order chi connectivity index (χ1) is 7.70. The largest absolute Gasteiger partial charge is 0.334 e. The molecular formula is C13H17N3.